The Bertz CT molecular complexity index is 772. The van der Waals surface area contributed by atoms with Crippen LogP contribution in [0.4, 0.5) is 5.69 Å². The van der Waals surface area contributed by atoms with E-state index in [1.165, 1.54) is 5.56 Å². The normalized spacial score (nSPS) is 17.9. The standard InChI is InChI=1S/C21H28N4O2/c1-3-16(2)18-8-4-5-9-19(18)25-15-17(14-20(25)26)21(27)22-10-6-12-24-13-7-11-23-24/h4-5,7-9,11,13,16-17H,3,6,10,12,14-15H2,1-2H3,(H,22,27). The number of benzene rings is 1. The van der Waals surface area contributed by atoms with Crippen LogP contribution in [0, 0.1) is 5.92 Å². The number of aryl methyl sites for hydroxylation is 1. The van der Waals surface area contributed by atoms with Crippen molar-refractivity contribution in [2.24, 2.45) is 5.92 Å². The van der Waals surface area contributed by atoms with Gasteiger partial charge in [0, 0.05) is 44.1 Å². The molecule has 0 spiro atoms. The summed E-state index contributed by atoms with van der Waals surface area (Å²) in [6, 6.07) is 9.92. The summed E-state index contributed by atoms with van der Waals surface area (Å²) in [5, 5.41) is 7.12. The molecule has 6 heteroatoms. The maximum absolute atomic E-state index is 12.6. The van der Waals surface area contributed by atoms with Crippen LogP contribution in [0.25, 0.3) is 0 Å². The van der Waals surface area contributed by atoms with Crippen molar-refractivity contribution in [2.45, 2.75) is 45.6 Å². The van der Waals surface area contributed by atoms with Gasteiger partial charge in [-0.25, -0.2) is 0 Å². The van der Waals surface area contributed by atoms with Crippen LogP contribution in [0.5, 0.6) is 0 Å². The minimum Gasteiger partial charge on any atom is -0.356 e. The van der Waals surface area contributed by atoms with Crippen LogP contribution in [-0.4, -0.2) is 34.7 Å². The van der Waals surface area contributed by atoms with Crippen LogP contribution in [0.3, 0.4) is 0 Å². The van der Waals surface area contributed by atoms with E-state index in [-0.39, 0.29) is 24.2 Å². The van der Waals surface area contributed by atoms with Crippen LogP contribution in [-0.2, 0) is 16.1 Å². The van der Waals surface area contributed by atoms with Crippen molar-refractivity contribution < 1.29 is 9.59 Å². The van der Waals surface area contributed by atoms with Crippen LogP contribution in [0.15, 0.2) is 42.7 Å². The number of hydrogen-bond donors (Lipinski definition) is 1. The van der Waals surface area contributed by atoms with Gasteiger partial charge in [0.2, 0.25) is 11.8 Å². The molecule has 0 aliphatic carbocycles. The number of nitrogens with zero attached hydrogens (tertiary/aromatic N) is 3. The number of aromatic nitrogens is 2. The lowest BCUT2D eigenvalue weighted by Crippen LogP contribution is -2.34. The van der Waals surface area contributed by atoms with Crippen molar-refractivity contribution in [1.82, 2.24) is 15.1 Å². The number of amides is 2. The zero-order chi connectivity index (χ0) is 19.2. The molecule has 6 nitrogen and oxygen atoms in total. The number of nitrogens with one attached hydrogen (secondary N) is 1. The van der Waals surface area contributed by atoms with Gasteiger partial charge in [-0.1, -0.05) is 32.0 Å². The summed E-state index contributed by atoms with van der Waals surface area (Å²) in [5.41, 5.74) is 2.12. The molecule has 0 saturated carbocycles. The Hall–Kier alpha value is -2.63. The summed E-state index contributed by atoms with van der Waals surface area (Å²) in [5.74, 6) is 0.0890. The molecule has 3 rings (SSSR count). The predicted octanol–water partition coefficient (Wildman–Crippen LogP) is 2.96. The van der Waals surface area contributed by atoms with E-state index in [1.54, 1.807) is 11.1 Å². The molecule has 1 aliphatic heterocycles. The molecular weight excluding hydrogens is 340 g/mol. The van der Waals surface area contributed by atoms with Crippen molar-refractivity contribution >= 4 is 17.5 Å². The second-order valence-electron chi connectivity index (χ2n) is 7.19. The molecule has 2 unspecified atom stereocenters. The highest BCUT2D eigenvalue weighted by molar-refractivity contribution is 6.00. The fourth-order valence-corrected chi connectivity index (χ4v) is 3.52. The quantitative estimate of drug-likeness (QED) is 0.729. The predicted molar refractivity (Wildman–Crippen MR) is 105 cm³/mol. The number of carbonyl (C=O) groups excluding carboxylic acids is 2. The average Bonchev–Trinajstić information content (AvgIpc) is 3.34. The van der Waals surface area contributed by atoms with Crippen molar-refractivity contribution in [1.29, 1.82) is 0 Å². The van der Waals surface area contributed by atoms with Gasteiger partial charge >= 0.3 is 0 Å². The van der Waals surface area contributed by atoms with Gasteiger partial charge in [-0.15, -0.1) is 0 Å². The van der Waals surface area contributed by atoms with Gasteiger partial charge in [0.25, 0.3) is 0 Å². The highest BCUT2D eigenvalue weighted by Gasteiger charge is 2.36. The van der Waals surface area contributed by atoms with Crippen LogP contribution < -0.4 is 10.2 Å². The first-order valence-electron chi connectivity index (χ1n) is 9.74. The molecule has 2 amide bonds. The molecular formula is C21H28N4O2. The molecule has 2 atom stereocenters. The Kier molecular flexibility index (Phi) is 6.27. The topological polar surface area (TPSA) is 67.2 Å². The molecule has 1 aromatic heterocycles. The van der Waals surface area contributed by atoms with E-state index in [1.807, 2.05) is 35.1 Å². The maximum Gasteiger partial charge on any atom is 0.227 e. The third-order valence-electron chi connectivity index (χ3n) is 5.29. The molecule has 1 saturated heterocycles. The van der Waals surface area contributed by atoms with E-state index in [0.717, 1.165) is 25.1 Å². The molecule has 27 heavy (non-hydrogen) atoms. The molecule has 1 N–H and O–H groups in total. The first-order valence-corrected chi connectivity index (χ1v) is 9.74. The first kappa shape index (κ1) is 19.1. The van der Waals surface area contributed by atoms with Gasteiger partial charge in [0.15, 0.2) is 0 Å². The third-order valence-corrected chi connectivity index (χ3v) is 5.29. The van der Waals surface area contributed by atoms with Gasteiger partial charge in [-0.05, 0) is 36.5 Å². The number of hydrogen-bond acceptors (Lipinski definition) is 3. The SMILES string of the molecule is CCC(C)c1ccccc1N1CC(C(=O)NCCCn2cccn2)CC1=O. The van der Waals surface area contributed by atoms with E-state index in [2.05, 4.69) is 30.3 Å². The van der Waals surface area contributed by atoms with E-state index < -0.39 is 0 Å². The van der Waals surface area contributed by atoms with E-state index in [0.29, 0.717) is 19.0 Å². The molecule has 1 fully saturated rings. The summed E-state index contributed by atoms with van der Waals surface area (Å²) < 4.78 is 1.85. The molecule has 0 bridgehead atoms. The van der Waals surface area contributed by atoms with Gasteiger partial charge in [0.05, 0.1) is 5.92 Å². The fourth-order valence-electron chi connectivity index (χ4n) is 3.52. The van der Waals surface area contributed by atoms with Gasteiger partial charge < -0.3 is 10.2 Å². The minimum atomic E-state index is -0.285. The zero-order valence-corrected chi connectivity index (χ0v) is 16.1. The van der Waals surface area contributed by atoms with Gasteiger partial charge in [-0.3, -0.25) is 14.3 Å². The Labute approximate surface area is 160 Å². The smallest absolute Gasteiger partial charge is 0.227 e. The van der Waals surface area contributed by atoms with E-state index >= 15 is 0 Å². The number of rotatable bonds is 8. The number of para-hydroxylation sites is 1. The summed E-state index contributed by atoms with van der Waals surface area (Å²) in [7, 11) is 0. The Morgan fingerprint density at radius 3 is 2.89 bits per heavy atom. The second kappa shape index (κ2) is 8.84. The summed E-state index contributed by atoms with van der Waals surface area (Å²) in [6.45, 7) is 6.13. The largest absolute Gasteiger partial charge is 0.356 e. The van der Waals surface area contributed by atoms with Crippen LogP contribution >= 0.6 is 0 Å². The minimum absolute atomic E-state index is 0.0300. The molecule has 2 aromatic rings. The maximum atomic E-state index is 12.6. The second-order valence-corrected chi connectivity index (χ2v) is 7.19. The van der Waals surface area contributed by atoms with Crippen molar-refractivity contribution in [3.05, 3.63) is 48.3 Å². The van der Waals surface area contributed by atoms with E-state index in [4.69, 9.17) is 0 Å². The monoisotopic (exact) mass is 368 g/mol. The Morgan fingerprint density at radius 2 is 2.15 bits per heavy atom. The molecule has 0 radical (unpaired) electrons. The van der Waals surface area contributed by atoms with E-state index in [9.17, 15) is 9.59 Å². The van der Waals surface area contributed by atoms with Crippen LogP contribution in [0.2, 0.25) is 0 Å². The van der Waals surface area contributed by atoms with Gasteiger partial charge in [0.1, 0.15) is 0 Å². The lowest BCUT2D eigenvalue weighted by atomic mass is 9.96. The lowest BCUT2D eigenvalue weighted by Gasteiger charge is -2.23. The Morgan fingerprint density at radius 1 is 1.33 bits per heavy atom. The molecule has 1 aliphatic rings. The average molecular weight is 368 g/mol. The zero-order valence-electron chi connectivity index (χ0n) is 16.1. The number of carbonyl (C=O) groups is 2. The molecule has 2 heterocycles. The van der Waals surface area contributed by atoms with Gasteiger partial charge in [-0.2, -0.15) is 5.10 Å². The summed E-state index contributed by atoms with van der Waals surface area (Å²) in [4.78, 5) is 26.9. The lowest BCUT2D eigenvalue weighted by molar-refractivity contribution is -0.126. The van der Waals surface area contributed by atoms with Crippen LogP contribution in [0.1, 0.15) is 44.6 Å². The van der Waals surface area contributed by atoms with Crippen molar-refractivity contribution in [2.75, 3.05) is 18.0 Å². The number of anilines is 1. The van der Waals surface area contributed by atoms with Crippen molar-refractivity contribution in [3.8, 4) is 0 Å². The summed E-state index contributed by atoms with van der Waals surface area (Å²) >= 11 is 0. The highest BCUT2D eigenvalue weighted by atomic mass is 16.2. The molecule has 1 aromatic carbocycles. The van der Waals surface area contributed by atoms with Crippen molar-refractivity contribution in [3.63, 3.8) is 0 Å². The fraction of sp³-hybridized carbons (Fsp3) is 0.476. The summed E-state index contributed by atoms with van der Waals surface area (Å²) in [6.07, 6.45) is 5.76. The Balaban J connectivity index is 1.56. The third kappa shape index (κ3) is 4.56. The molecule has 144 valence electrons. The highest BCUT2D eigenvalue weighted by Crippen LogP contribution is 2.33. The first-order chi connectivity index (χ1) is 13.1.